The molecule has 9 heteroatoms. The van der Waals surface area contributed by atoms with Gasteiger partial charge in [0.25, 0.3) is 5.56 Å². The van der Waals surface area contributed by atoms with Crippen LogP contribution in [0.25, 0.3) is 27.6 Å². The zero-order valence-corrected chi connectivity index (χ0v) is 19.2. The molecule has 0 aliphatic heterocycles. The molecule has 3 heterocycles. The van der Waals surface area contributed by atoms with Crippen molar-refractivity contribution in [3.63, 3.8) is 0 Å². The van der Waals surface area contributed by atoms with E-state index >= 15 is 0 Å². The third-order valence-electron chi connectivity index (χ3n) is 5.15. The number of aromatic nitrogens is 5. The number of hydrogen-bond acceptors (Lipinski definition) is 7. The molecule has 3 aromatic heterocycles. The van der Waals surface area contributed by atoms with Gasteiger partial charge in [-0.25, -0.2) is 9.97 Å². The molecule has 5 aromatic rings. The third-order valence-corrected chi connectivity index (χ3v) is 6.11. The molecule has 0 saturated carbocycles. The maximum Gasteiger partial charge on any atom is 0.275 e. The van der Waals surface area contributed by atoms with Crippen LogP contribution in [0.15, 0.2) is 59.4 Å². The fraction of sp³-hybridized carbons (Fsp3) is 0.160. The van der Waals surface area contributed by atoms with E-state index in [4.69, 9.17) is 4.74 Å². The maximum atomic E-state index is 12.3. The summed E-state index contributed by atoms with van der Waals surface area (Å²) in [5.41, 5.74) is 3.32. The molecular formula is C25H20N6O2S. The summed E-state index contributed by atoms with van der Waals surface area (Å²) in [5, 5.41) is 14.8. The summed E-state index contributed by atoms with van der Waals surface area (Å²) in [6.07, 6.45) is 3.56. The Bertz CT molecular complexity index is 1570. The molecule has 0 atom stereocenters. The van der Waals surface area contributed by atoms with Gasteiger partial charge in [0, 0.05) is 12.5 Å². The second-order valence-corrected chi connectivity index (χ2v) is 8.70. The van der Waals surface area contributed by atoms with Crippen LogP contribution in [0.1, 0.15) is 35.4 Å². The molecule has 168 valence electrons. The average molecular weight is 469 g/mol. The zero-order chi connectivity index (χ0) is 23.5. The van der Waals surface area contributed by atoms with Gasteiger partial charge in [-0.3, -0.25) is 4.79 Å². The molecule has 0 bridgehead atoms. The Kier molecular flexibility index (Phi) is 5.89. The number of benzene rings is 2. The number of hydrogen-bond donors (Lipinski definition) is 1. The van der Waals surface area contributed by atoms with Crippen LogP contribution in [0.3, 0.4) is 0 Å². The van der Waals surface area contributed by atoms with Gasteiger partial charge in [0.15, 0.2) is 0 Å². The van der Waals surface area contributed by atoms with Crippen molar-refractivity contribution in [2.45, 2.75) is 26.4 Å². The first kappa shape index (κ1) is 21.6. The smallest absolute Gasteiger partial charge is 0.275 e. The number of aromatic amines is 1. The van der Waals surface area contributed by atoms with Crippen LogP contribution in [0.2, 0.25) is 0 Å². The molecule has 8 nitrogen and oxygen atoms in total. The molecule has 0 radical (unpaired) electrons. The first-order valence-corrected chi connectivity index (χ1v) is 11.6. The number of imidazole rings is 1. The Hall–Kier alpha value is -4.29. The molecule has 5 rings (SSSR count). The van der Waals surface area contributed by atoms with E-state index in [1.54, 1.807) is 6.08 Å². The molecule has 0 saturated heterocycles. The van der Waals surface area contributed by atoms with E-state index in [0.29, 0.717) is 27.8 Å². The number of aryl methyl sites for hydroxylation is 1. The SMILES string of the molecule is CCCc1nn2c(=O)cc(COc3ccc(C=C(C#N)c4nc5ccccc5[nH]4)cc3)nc2s1. The van der Waals surface area contributed by atoms with Gasteiger partial charge in [0.2, 0.25) is 4.96 Å². The lowest BCUT2D eigenvalue weighted by Gasteiger charge is -2.06. The highest BCUT2D eigenvalue weighted by atomic mass is 32.1. The molecule has 0 spiro atoms. The Morgan fingerprint density at radius 2 is 2.03 bits per heavy atom. The summed E-state index contributed by atoms with van der Waals surface area (Å²) in [6, 6.07) is 18.7. The van der Waals surface area contributed by atoms with Crippen molar-refractivity contribution in [3.05, 3.63) is 87.0 Å². The van der Waals surface area contributed by atoms with Gasteiger partial charge >= 0.3 is 0 Å². The van der Waals surface area contributed by atoms with Gasteiger partial charge in [-0.2, -0.15) is 14.9 Å². The van der Waals surface area contributed by atoms with E-state index in [9.17, 15) is 10.1 Å². The fourth-order valence-corrected chi connectivity index (χ4v) is 4.52. The maximum absolute atomic E-state index is 12.3. The molecule has 1 N–H and O–H groups in total. The van der Waals surface area contributed by atoms with Crippen molar-refractivity contribution in [2.24, 2.45) is 0 Å². The second kappa shape index (κ2) is 9.29. The van der Waals surface area contributed by atoms with Crippen LogP contribution in [0, 0.1) is 11.3 Å². The minimum atomic E-state index is -0.211. The largest absolute Gasteiger partial charge is 0.487 e. The van der Waals surface area contributed by atoms with Crippen LogP contribution in [0.4, 0.5) is 0 Å². The summed E-state index contributed by atoms with van der Waals surface area (Å²) in [4.78, 5) is 25.1. The predicted octanol–water partition coefficient (Wildman–Crippen LogP) is 4.62. The summed E-state index contributed by atoms with van der Waals surface area (Å²) in [7, 11) is 0. The van der Waals surface area contributed by atoms with Crippen molar-refractivity contribution in [1.29, 1.82) is 5.26 Å². The normalized spacial score (nSPS) is 11.7. The van der Waals surface area contributed by atoms with Crippen LogP contribution >= 0.6 is 11.3 Å². The number of nitriles is 1. The summed E-state index contributed by atoms with van der Waals surface area (Å²) >= 11 is 1.43. The van der Waals surface area contributed by atoms with Crippen LogP contribution in [-0.2, 0) is 13.0 Å². The number of para-hydroxylation sites is 2. The van der Waals surface area contributed by atoms with Crippen LogP contribution in [-0.4, -0.2) is 24.6 Å². The Morgan fingerprint density at radius 3 is 2.79 bits per heavy atom. The Labute approximate surface area is 198 Å². The van der Waals surface area contributed by atoms with E-state index in [2.05, 4.69) is 33.0 Å². The highest BCUT2D eigenvalue weighted by molar-refractivity contribution is 7.16. The third kappa shape index (κ3) is 4.44. The number of rotatable bonds is 7. The average Bonchev–Trinajstić information content (AvgIpc) is 3.46. The van der Waals surface area contributed by atoms with E-state index in [1.807, 2.05) is 48.5 Å². The van der Waals surface area contributed by atoms with Gasteiger partial charge < -0.3 is 9.72 Å². The van der Waals surface area contributed by atoms with Crippen molar-refractivity contribution < 1.29 is 4.74 Å². The van der Waals surface area contributed by atoms with Crippen molar-refractivity contribution in [1.82, 2.24) is 24.6 Å². The summed E-state index contributed by atoms with van der Waals surface area (Å²) < 4.78 is 7.17. The molecule has 34 heavy (non-hydrogen) atoms. The highest BCUT2D eigenvalue weighted by Gasteiger charge is 2.10. The van der Waals surface area contributed by atoms with E-state index in [0.717, 1.165) is 34.4 Å². The lowest BCUT2D eigenvalue weighted by molar-refractivity contribution is 0.301. The van der Waals surface area contributed by atoms with E-state index in [-0.39, 0.29) is 12.2 Å². The van der Waals surface area contributed by atoms with Gasteiger partial charge in [0.05, 0.1) is 22.3 Å². The topological polar surface area (TPSA) is 109 Å². The first-order chi connectivity index (χ1) is 16.6. The van der Waals surface area contributed by atoms with Crippen molar-refractivity contribution >= 4 is 39.0 Å². The quantitative estimate of drug-likeness (QED) is 0.349. The molecule has 2 aromatic carbocycles. The molecule has 0 unspecified atom stereocenters. The van der Waals surface area contributed by atoms with Crippen molar-refractivity contribution in [3.8, 4) is 11.8 Å². The van der Waals surface area contributed by atoms with Gasteiger partial charge in [-0.1, -0.05) is 42.5 Å². The molecule has 0 amide bonds. The molecule has 0 aliphatic rings. The van der Waals surface area contributed by atoms with Crippen LogP contribution in [0.5, 0.6) is 5.75 Å². The number of allylic oxidation sites excluding steroid dienone is 1. The number of nitrogens with one attached hydrogen (secondary N) is 1. The summed E-state index contributed by atoms with van der Waals surface area (Å²) in [6.45, 7) is 2.24. The number of fused-ring (bicyclic) bond motifs is 2. The lowest BCUT2D eigenvalue weighted by atomic mass is 10.1. The predicted molar refractivity (Wildman–Crippen MR) is 131 cm³/mol. The van der Waals surface area contributed by atoms with Crippen molar-refractivity contribution in [2.75, 3.05) is 0 Å². The second-order valence-electron chi connectivity index (χ2n) is 7.66. The Morgan fingerprint density at radius 1 is 1.21 bits per heavy atom. The summed E-state index contributed by atoms with van der Waals surface area (Å²) in [5.74, 6) is 1.17. The molecule has 0 aliphatic carbocycles. The molecular weight excluding hydrogens is 448 g/mol. The minimum Gasteiger partial charge on any atom is -0.487 e. The first-order valence-electron chi connectivity index (χ1n) is 10.8. The Balaban J connectivity index is 1.30. The van der Waals surface area contributed by atoms with Gasteiger partial charge in [0.1, 0.15) is 29.3 Å². The fourth-order valence-electron chi connectivity index (χ4n) is 3.50. The van der Waals surface area contributed by atoms with Crippen LogP contribution < -0.4 is 10.3 Å². The highest BCUT2D eigenvalue weighted by Crippen LogP contribution is 2.21. The van der Waals surface area contributed by atoms with E-state index in [1.165, 1.54) is 21.9 Å². The zero-order valence-electron chi connectivity index (χ0n) is 18.4. The van der Waals surface area contributed by atoms with Gasteiger partial charge in [-0.15, -0.1) is 0 Å². The standard InChI is InChI=1S/C25H20N6O2S/c1-2-5-22-30-31-23(32)13-18(27-25(31)34-22)15-33-19-10-8-16(9-11-19)12-17(14-26)24-28-20-6-3-4-7-21(20)29-24/h3-4,6-13H,2,5,15H2,1H3,(H,28,29). The number of ether oxygens (including phenoxy) is 1. The monoisotopic (exact) mass is 468 g/mol. The number of nitrogens with zero attached hydrogens (tertiary/aromatic N) is 5. The minimum absolute atomic E-state index is 0.171. The van der Waals surface area contributed by atoms with E-state index < -0.39 is 0 Å². The van der Waals surface area contributed by atoms with Gasteiger partial charge in [-0.05, 0) is 42.3 Å². The molecule has 0 fully saturated rings. The number of H-pyrrole nitrogens is 1. The lowest BCUT2D eigenvalue weighted by Crippen LogP contribution is -2.16.